The zero-order valence-electron chi connectivity index (χ0n) is 11.3. The predicted molar refractivity (Wildman–Crippen MR) is 69.2 cm³/mol. The number of carbonyl (C=O) groups excluding carboxylic acids is 3. The zero-order chi connectivity index (χ0) is 14.8. The van der Waals surface area contributed by atoms with Gasteiger partial charge in [-0.2, -0.15) is 0 Å². The second kappa shape index (κ2) is 8.91. The van der Waals surface area contributed by atoms with Gasteiger partial charge >= 0.3 is 11.9 Å². The lowest BCUT2D eigenvalue weighted by atomic mass is 10.3. The van der Waals surface area contributed by atoms with Gasteiger partial charge in [-0.05, 0) is 13.8 Å². The fourth-order valence-corrected chi connectivity index (χ4v) is 0.905. The molecule has 0 aliphatic rings. The average Bonchev–Trinajstić information content (AvgIpc) is 2.33. The number of esters is 2. The molecule has 0 saturated heterocycles. The highest BCUT2D eigenvalue weighted by atomic mass is 16.5. The molecule has 0 atom stereocenters. The van der Waals surface area contributed by atoms with E-state index in [0.29, 0.717) is 5.57 Å². The molecule has 6 nitrogen and oxygen atoms in total. The van der Waals surface area contributed by atoms with Gasteiger partial charge in [-0.25, -0.2) is 9.59 Å². The van der Waals surface area contributed by atoms with Gasteiger partial charge in [-0.15, -0.1) is 0 Å². The maximum Gasteiger partial charge on any atom is 0.333 e. The summed E-state index contributed by atoms with van der Waals surface area (Å²) in [4.78, 5) is 33.3. The topological polar surface area (TPSA) is 81.7 Å². The number of rotatable bonds is 8. The van der Waals surface area contributed by atoms with E-state index in [4.69, 9.17) is 9.47 Å². The quantitative estimate of drug-likeness (QED) is 0.399. The van der Waals surface area contributed by atoms with E-state index in [-0.39, 0.29) is 37.7 Å². The van der Waals surface area contributed by atoms with Crippen molar-refractivity contribution >= 4 is 17.8 Å². The molecule has 0 aromatic heterocycles. The van der Waals surface area contributed by atoms with Crippen molar-refractivity contribution in [3.8, 4) is 0 Å². The van der Waals surface area contributed by atoms with Crippen LogP contribution in [0.4, 0.5) is 0 Å². The lowest BCUT2D eigenvalue weighted by Crippen LogP contribution is -2.29. The maximum absolute atomic E-state index is 11.3. The highest BCUT2D eigenvalue weighted by molar-refractivity contribution is 5.87. The molecule has 0 aliphatic carbocycles. The molecule has 19 heavy (non-hydrogen) atoms. The van der Waals surface area contributed by atoms with Crippen LogP contribution in [0.2, 0.25) is 0 Å². The molecule has 0 rings (SSSR count). The van der Waals surface area contributed by atoms with E-state index in [0.717, 1.165) is 0 Å². The standard InChI is InChI=1S/C13H19NO5/c1-9(2)12(16)18-7-5-11(15)14-6-8-19-13(17)10(3)4/h1,3,5-8H2,2,4H3,(H,14,15). The number of amides is 1. The van der Waals surface area contributed by atoms with Crippen LogP contribution in [0.3, 0.4) is 0 Å². The van der Waals surface area contributed by atoms with E-state index in [1.165, 1.54) is 13.8 Å². The summed E-state index contributed by atoms with van der Waals surface area (Å²) in [6.45, 7) is 10.2. The summed E-state index contributed by atoms with van der Waals surface area (Å²) in [5.74, 6) is -1.31. The molecule has 0 aromatic rings. The second-order valence-electron chi connectivity index (χ2n) is 3.93. The van der Waals surface area contributed by atoms with Crippen LogP contribution >= 0.6 is 0 Å². The Bertz CT molecular complexity index is 386. The number of nitrogens with one attached hydrogen (secondary N) is 1. The Labute approximate surface area is 112 Å². The van der Waals surface area contributed by atoms with Crippen LogP contribution in [0.15, 0.2) is 24.3 Å². The molecular formula is C13H19NO5. The van der Waals surface area contributed by atoms with Crippen LogP contribution in [-0.4, -0.2) is 37.6 Å². The van der Waals surface area contributed by atoms with Gasteiger partial charge in [0.05, 0.1) is 13.0 Å². The Morgan fingerprint density at radius 1 is 0.947 bits per heavy atom. The van der Waals surface area contributed by atoms with Crippen LogP contribution in [0, 0.1) is 0 Å². The predicted octanol–water partition coefficient (Wildman–Crippen LogP) is 0.731. The van der Waals surface area contributed by atoms with Crippen molar-refractivity contribution in [3.63, 3.8) is 0 Å². The molecule has 0 spiro atoms. The molecule has 106 valence electrons. The molecular weight excluding hydrogens is 250 g/mol. The summed E-state index contributed by atoms with van der Waals surface area (Å²) in [5.41, 5.74) is 0.588. The van der Waals surface area contributed by atoms with E-state index in [1.54, 1.807) is 0 Å². The fourth-order valence-electron chi connectivity index (χ4n) is 0.905. The third kappa shape index (κ3) is 8.59. The van der Waals surface area contributed by atoms with Crippen molar-refractivity contribution in [1.82, 2.24) is 5.32 Å². The Morgan fingerprint density at radius 3 is 1.89 bits per heavy atom. The molecule has 0 bridgehead atoms. The van der Waals surface area contributed by atoms with Gasteiger partial charge < -0.3 is 14.8 Å². The molecule has 0 heterocycles. The van der Waals surface area contributed by atoms with E-state index >= 15 is 0 Å². The van der Waals surface area contributed by atoms with Crippen molar-refractivity contribution in [3.05, 3.63) is 24.3 Å². The summed E-state index contributed by atoms with van der Waals surface area (Å²) in [7, 11) is 0. The Balaban J connectivity index is 3.60. The summed E-state index contributed by atoms with van der Waals surface area (Å²) in [6, 6.07) is 0. The minimum atomic E-state index is -0.525. The molecule has 0 fully saturated rings. The number of ether oxygens (including phenoxy) is 2. The molecule has 0 unspecified atom stereocenters. The van der Waals surface area contributed by atoms with E-state index in [2.05, 4.69) is 18.5 Å². The second-order valence-corrected chi connectivity index (χ2v) is 3.93. The largest absolute Gasteiger partial charge is 0.462 e. The fraction of sp³-hybridized carbons (Fsp3) is 0.462. The van der Waals surface area contributed by atoms with Crippen molar-refractivity contribution < 1.29 is 23.9 Å². The molecule has 0 aliphatic heterocycles. The Kier molecular flexibility index (Phi) is 7.92. The highest BCUT2D eigenvalue weighted by Gasteiger charge is 2.06. The van der Waals surface area contributed by atoms with Gasteiger partial charge in [-0.1, -0.05) is 13.2 Å². The summed E-state index contributed by atoms with van der Waals surface area (Å²) in [5, 5.41) is 2.52. The Hall–Kier alpha value is -2.11. The molecule has 1 amide bonds. The summed E-state index contributed by atoms with van der Waals surface area (Å²) in [6.07, 6.45) is 0.0491. The molecule has 0 aromatic carbocycles. The third-order valence-electron chi connectivity index (χ3n) is 1.92. The van der Waals surface area contributed by atoms with E-state index in [1.807, 2.05) is 0 Å². The molecule has 0 radical (unpaired) electrons. The summed E-state index contributed by atoms with van der Waals surface area (Å²) >= 11 is 0. The highest BCUT2D eigenvalue weighted by Crippen LogP contribution is 1.93. The van der Waals surface area contributed by atoms with Gasteiger partial charge in [-0.3, -0.25) is 4.79 Å². The number of hydrogen-bond acceptors (Lipinski definition) is 5. The monoisotopic (exact) mass is 269 g/mol. The minimum Gasteiger partial charge on any atom is -0.462 e. The van der Waals surface area contributed by atoms with E-state index in [9.17, 15) is 14.4 Å². The number of hydrogen-bond donors (Lipinski definition) is 1. The summed E-state index contributed by atoms with van der Waals surface area (Å²) < 4.78 is 9.53. The minimum absolute atomic E-state index is 0.0108. The van der Waals surface area contributed by atoms with Gasteiger partial charge in [0, 0.05) is 11.1 Å². The maximum atomic E-state index is 11.3. The Morgan fingerprint density at radius 2 is 1.42 bits per heavy atom. The number of carbonyl (C=O) groups is 3. The zero-order valence-corrected chi connectivity index (χ0v) is 11.3. The first kappa shape index (κ1) is 16.9. The molecule has 1 N–H and O–H groups in total. The first-order valence-electron chi connectivity index (χ1n) is 5.76. The lowest BCUT2D eigenvalue weighted by molar-refractivity contribution is -0.141. The van der Waals surface area contributed by atoms with Crippen molar-refractivity contribution in [2.45, 2.75) is 20.3 Å². The van der Waals surface area contributed by atoms with Crippen LogP contribution in [-0.2, 0) is 23.9 Å². The van der Waals surface area contributed by atoms with E-state index < -0.39 is 11.9 Å². The van der Waals surface area contributed by atoms with Gasteiger partial charge in [0.1, 0.15) is 13.2 Å². The SMILES string of the molecule is C=C(C)C(=O)OCCNC(=O)CCOC(=O)C(=C)C. The molecule has 6 heteroatoms. The van der Waals surface area contributed by atoms with Crippen LogP contribution in [0.1, 0.15) is 20.3 Å². The van der Waals surface area contributed by atoms with Crippen LogP contribution in [0.25, 0.3) is 0 Å². The van der Waals surface area contributed by atoms with Crippen LogP contribution in [0.5, 0.6) is 0 Å². The first-order chi connectivity index (χ1) is 8.84. The molecule has 0 saturated carbocycles. The van der Waals surface area contributed by atoms with Crippen molar-refractivity contribution in [2.24, 2.45) is 0 Å². The third-order valence-corrected chi connectivity index (χ3v) is 1.92. The average molecular weight is 269 g/mol. The van der Waals surface area contributed by atoms with Gasteiger partial charge in [0.2, 0.25) is 5.91 Å². The lowest BCUT2D eigenvalue weighted by Gasteiger charge is -2.07. The van der Waals surface area contributed by atoms with Gasteiger partial charge in [0.15, 0.2) is 0 Å². The van der Waals surface area contributed by atoms with Gasteiger partial charge in [0.25, 0.3) is 0 Å². The normalized spacial score (nSPS) is 9.37. The van der Waals surface area contributed by atoms with Crippen LogP contribution < -0.4 is 5.32 Å². The smallest absolute Gasteiger partial charge is 0.333 e. The van der Waals surface area contributed by atoms with Crippen molar-refractivity contribution in [2.75, 3.05) is 19.8 Å². The first-order valence-corrected chi connectivity index (χ1v) is 5.76. The van der Waals surface area contributed by atoms with Crippen molar-refractivity contribution in [1.29, 1.82) is 0 Å².